The van der Waals surface area contributed by atoms with Gasteiger partial charge in [0.25, 0.3) is 0 Å². The molecule has 6 nitrogen and oxygen atoms in total. The first-order chi connectivity index (χ1) is 13.7. The molecule has 0 aliphatic heterocycles. The van der Waals surface area contributed by atoms with Gasteiger partial charge in [-0.05, 0) is 41.5 Å². The summed E-state index contributed by atoms with van der Waals surface area (Å²) in [5.74, 6) is 1.26. The van der Waals surface area contributed by atoms with Crippen LogP contribution in [-0.4, -0.2) is 16.0 Å². The molecular formula is C21H16ClN3O3. The molecule has 2 aromatic heterocycles. The number of hydrogen-bond acceptors (Lipinski definition) is 5. The van der Waals surface area contributed by atoms with Gasteiger partial charge in [-0.2, -0.15) is 4.98 Å². The lowest BCUT2D eigenvalue weighted by atomic mass is 10.1. The summed E-state index contributed by atoms with van der Waals surface area (Å²) >= 11 is 5.88. The van der Waals surface area contributed by atoms with Gasteiger partial charge in [0.2, 0.25) is 17.6 Å². The number of nitrogens with zero attached hydrogens (tertiary/aromatic N) is 2. The van der Waals surface area contributed by atoms with Crippen LogP contribution in [0.4, 0.5) is 5.69 Å². The Hall–Kier alpha value is -3.38. The molecule has 0 spiro atoms. The molecule has 1 N–H and O–H groups in total. The Morgan fingerprint density at radius 2 is 1.86 bits per heavy atom. The van der Waals surface area contributed by atoms with Crippen molar-refractivity contribution in [3.63, 3.8) is 0 Å². The highest BCUT2D eigenvalue weighted by molar-refractivity contribution is 6.30. The predicted molar refractivity (Wildman–Crippen MR) is 105 cm³/mol. The number of carbonyl (C=O) groups is 1. The smallest absolute Gasteiger partial charge is 0.238 e. The molecule has 0 atom stereocenters. The standard InChI is InChI=1S/C21H16ClN3O3/c22-16-9-7-14(8-10-16)12-19(26)23-17-5-2-1-4-15(17)13-20-24-21(25-28-20)18-6-3-11-27-18/h1-11H,12-13H2,(H,23,26). The van der Waals surface area contributed by atoms with Crippen LogP contribution in [0.5, 0.6) is 0 Å². The first kappa shape index (κ1) is 18.0. The van der Waals surface area contributed by atoms with Crippen molar-refractivity contribution < 1.29 is 13.7 Å². The third-order valence-corrected chi connectivity index (χ3v) is 4.37. The van der Waals surface area contributed by atoms with E-state index in [0.717, 1.165) is 11.1 Å². The maximum absolute atomic E-state index is 12.4. The molecule has 0 aliphatic carbocycles. The van der Waals surface area contributed by atoms with Gasteiger partial charge in [-0.3, -0.25) is 4.79 Å². The Bertz CT molecular complexity index is 1070. The Balaban J connectivity index is 1.46. The lowest BCUT2D eigenvalue weighted by Crippen LogP contribution is -2.15. The average molecular weight is 394 g/mol. The summed E-state index contributed by atoms with van der Waals surface area (Å²) in [6, 6.07) is 18.3. The van der Waals surface area contributed by atoms with Crippen molar-refractivity contribution in [2.45, 2.75) is 12.8 Å². The van der Waals surface area contributed by atoms with Gasteiger partial charge in [0.1, 0.15) is 0 Å². The Labute approximate surface area is 166 Å². The molecule has 2 aromatic carbocycles. The number of anilines is 1. The normalized spacial score (nSPS) is 10.8. The van der Waals surface area contributed by atoms with Crippen molar-refractivity contribution in [2.24, 2.45) is 0 Å². The third-order valence-electron chi connectivity index (χ3n) is 4.12. The summed E-state index contributed by atoms with van der Waals surface area (Å²) in [7, 11) is 0. The largest absolute Gasteiger partial charge is 0.461 e. The van der Waals surface area contributed by atoms with E-state index in [1.807, 2.05) is 36.4 Å². The maximum Gasteiger partial charge on any atom is 0.238 e. The second-order valence-corrected chi connectivity index (χ2v) is 6.61. The van der Waals surface area contributed by atoms with Crippen LogP contribution in [0.15, 0.2) is 75.9 Å². The fraction of sp³-hybridized carbons (Fsp3) is 0.0952. The van der Waals surface area contributed by atoms with E-state index < -0.39 is 0 Å². The van der Waals surface area contributed by atoms with Crippen LogP contribution in [-0.2, 0) is 17.6 Å². The Morgan fingerprint density at radius 3 is 2.64 bits per heavy atom. The highest BCUT2D eigenvalue weighted by atomic mass is 35.5. The molecule has 0 bridgehead atoms. The number of halogens is 1. The minimum Gasteiger partial charge on any atom is -0.461 e. The van der Waals surface area contributed by atoms with Gasteiger partial charge in [-0.15, -0.1) is 0 Å². The molecule has 0 unspecified atom stereocenters. The van der Waals surface area contributed by atoms with Gasteiger partial charge in [-0.1, -0.05) is 47.1 Å². The van der Waals surface area contributed by atoms with E-state index in [2.05, 4.69) is 15.5 Å². The molecule has 0 fully saturated rings. The molecule has 1 amide bonds. The molecule has 2 heterocycles. The van der Waals surface area contributed by atoms with Crippen LogP contribution >= 0.6 is 11.6 Å². The molecule has 0 aliphatic rings. The number of carbonyl (C=O) groups excluding carboxylic acids is 1. The van der Waals surface area contributed by atoms with Crippen LogP contribution in [0.2, 0.25) is 5.02 Å². The van der Waals surface area contributed by atoms with E-state index in [-0.39, 0.29) is 12.3 Å². The van der Waals surface area contributed by atoms with Crippen LogP contribution in [0.25, 0.3) is 11.6 Å². The Kier molecular flexibility index (Phi) is 5.21. The molecule has 0 radical (unpaired) electrons. The van der Waals surface area contributed by atoms with Crippen molar-refractivity contribution in [2.75, 3.05) is 5.32 Å². The van der Waals surface area contributed by atoms with Crippen molar-refractivity contribution in [3.8, 4) is 11.6 Å². The van der Waals surface area contributed by atoms with Gasteiger partial charge in [0, 0.05) is 10.7 Å². The lowest BCUT2D eigenvalue weighted by molar-refractivity contribution is -0.115. The predicted octanol–water partition coefficient (Wildman–Crippen LogP) is 4.76. The van der Waals surface area contributed by atoms with E-state index >= 15 is 0 Å². The number of amides is 1. The minimum atomic E-state index is -0.114. The number of para-hydroxylation sites is 1. The Morgan fingerprint density at radius 1 is 1.04 bits per heavy atom. The van der Waals surface area contributed by atoms with Gasteiger partial charge in [-0.25, -0.2) is 0 Å². The molecule has 0 saturated carbocycles. The van der Waals surface area contributed by atoms with Crippen LogP contribution in [0, 0.1) is 0 Å². The fourth-order valence-electron chi connectivity index (χ4n) is 2.77. The van der Waals surface area contributed by atoms with E-state index in [4.69, 9.17) is 20.5 Å². The molecule has 4 aromatic rings. The zero-order valence-corrected chi connectivity index (χ0v) is 15.5. The quantitative estimate of drug-likeness (QED) is 0.511. The number of benzene rings is 2. The summed E-state index contributed by atoms with van der Waals surface area (Å²) < 4.78 is 10.6. The molecular weight excluding hydrogens is 378 g/mol. The highest BCUT2D eigenvalue weighted by Crippen LogP contribution is 2.21. The van der Waals surface area contributed by atoms with Gasteiger partial charge in [0.15, 0.2) is 5.76 Å². The van der Waals surface area contributed by atoms with E-state index in [0.29, 0.717) is 34.6 Å². The molecule has 7 heteroatoms. The number of aromatic nitrogens is 2. The lowest BCUT2D eigenvalue weighted by Gasteiger charge is -2.10. The average Bonchev–Trinajstić information content (AvgIpc) is 3.37. The molecule has 4 rings (SSSR count). The highest BCUT2D eigenvalue weighted by Gasteiger charge is 2.14. The molecule has 140 valence electrons. The van der Waals surface area contributed by atoms with E-state index in [1.165, 1.54) is 0 Å². The second kappa shape index (κ2) is 8.10. The van der Waals surface area contributed by atoms with Gasteiger partial charge in [0.05, 0.1) is 19.1 Å². The summed E-state index contributed by atoms with van der Waals surface area (Å²) in [6.07, 6.45) is 2.21. The van der Waals surface area contributed by atoms with Crippen LogP contribution < -0.4 is 5.32 Å². The zero-order chi connectivity index (χ0) is 19.3. The fourth-order valence-corrected chi connectivity index (χ4v) is 2.90. The van der Waals surface area contributed by atoms with Crippen molar-refractivity contribution >= 4 is 23.2 Å². The first-order valence-corrected chi connectivity index (χ1v) is 9.04. The first-order valence-electron chi connectivity index (χ1n) is 8.66. The van der Waals surface area contributed by atoms with Crippen molar-refractivity contribution in [1.29, 1.82) is 0 Å². The second-order valence-electron chi connectivity index (χ2n) is 6.17. The topological polar surface area (TPSA) is 81.2 Å². The van der Waals surface area contributed by atoms with E-state index in [1.54, 1.807) is 30.5 Å². The monoisotopic (exact) mass is 393 g/mol. The third kappa shape index (κ3) is 4.29. The minimum absolute atomic E-state index is 0.114. The summed E-state index contributed by atoms with van der Waals surface area (Å²) in [5.41, 5.74) is 2.47. The summed E-state index contributed by atoms with van der Waals surface area (Å²) in [5, 5.41) is 7.52. The summed E-state index contributed by atoms with van der Waals surface area (Å²) in [6.45, 7) is 0. The number of rotatable bonds is 6. The number of hydrogen-bond donors (Lipinski definition) is 1. The maximum atomic E-state index is 12.4. The summed E-state index contributed by atoms with van der Waals surface area (Å²) in [4.78, 5) is 16.8. The van der Waals surface area contributed by atoms with Gasteiger partial charge < -0.3 is 14.3 Å². The number of nitrogens with one attached hydrogen (secondary N) is 1. The zero-order valence-electron chi connectivity index (χ0n) is 14.8. The number of furan rings is 1. The molecule has 0 saturated heterocycles. The molecule has 28 heavy (non-hydrogen) atoms. The van der Waals surface area contributed by atoms with Crippen LogP contribution in [0.3, 0.4) is 0 Å². The van der Waals surface area contributed by atoms with Gasteiger partial charge >= 0.3 is 0 Å². The van der Waals surface area contributed by atoms with Crippen molar-refractivity contribution in [1.82, 2.24) is 10.1 Å². The van der Waals surface area contributed by atoms with Crippen LogP contribution in [0.1, 0.15) is 17.0 Å². The van der Waals surface area contributed by atoms with Crippen molar-refractivity contribution in [3.05, 3.63) is 89.0 Å². The SMILES string of the molecule is O=C(Cc1ccc(Cl)cc1)Nc1ccccc1Cc1nc(-c2ccco2)no1. The van der Waals surface area contributed by atoms with E-state index in [9.17, 15) is 4.79 Å².